The summed E-state index contributed by atoms with van der Waals surface area (Å²) in [6, 6.07) is 0. The van der Waals surface area contributed by atoms with E-state index >= 15 is 0 Å². The highest BCUT2D eigenvalue weighted by molar-refractivity contribution is 6.21. The van der Waals surface area contributed by atoms with Gasteiger partial charge in [-0.3, -0.25) is 0 Å². The highest BCUT2D eigenvalue weighted by Crippen LogP contribution is 2.23. The maximum absolute atomic E-state index is 6.17. The maximum Gasteiger partial charge on any atom is 0.0700 e. The zero-order valence-corrected chi connectivity index (χ0v) is 11.0. The molecule has 0 aliphatic heterocycles. The average Bonchev–Trinajstić information content (AvgIpc) is 2.48. The van der Waals surface area contributed by atoms with Gasteiger partial charge < -0.3 is 9.47 Å². The summed E-state index contributed by atoms with van der Waals surface area (Å²) < 4.78 is 10.4. The second kappa shape index (κ2) is 9.03. The lowest BCUT2D eigenvalue weighted by Crippen LogP contribution is -2.03. The van der Waals surface area contributed by atoms with Crippen LogP contribution < -0.4 is 0 Å². The van der Waals surface area contributed by atoms with E-state index in [4.69, 9.17) is 21.1 Å². The van der Waals surface area contributed by atoms with Crippen molar-refractivity contribution in [2.45, 2.75) is 43.9 Å². The number of hydrogen-bond acceptors (Lipinski definition) is 2. The van der Waals surface area contributed by atoms with E-state index < -0.39 is 0 Å². The number of allylic oxidation sites excluding steroid dienone is 2. The van der Waals surface area contributed by atoms with Gasteiger partial charge >= 0.3 is 0 Å². The molecule has 0 bridgehead atoms. The molecular formula is C13H23ClO2. The fourth-order valence-electron chi connectivity index (χ4n) is 1.97. The topological polar surface area (TPSA) is 18.5 Å². The van der Waals surface area contributed by atoms with Crippen LogP contribution in [0.3, 0.4) is 0 Å². The van der Waals surface area contributed by atoms with Crippen LogP contribution >= 0.6 is 11.6 Å². The molecule has 0 fully saturated rings. The van der Waals surface area contributed by atoms with Crippen LogP contribution in [0.15, 0.2) is 11.6 Å². The van der Waals surface area contributed by atoms with Gasteiger partial charge in [-0.1, -0.05) is 18.1 Å². The molecule has 1 aliphatic carbocycles. The van der Waals surface area contributed by atoms with Gasteiger partial charge in [-0.2, -0.15) is 0 Å². The SMILES string of the molecule is COCCOCCCC1=CC(Cl)CCCC1. The van der Waals surface area contributed by atoms with Crippen LogP contribution in [0.2, 0.25) is 0 Å². The zero-order valence-electron chi connectivity index (χ0n) is 10.2. The van der Waals surface area contributed by atoms with E-state index in [9.17, 15) is 0 Å². The van der Waals surface area contributed by atoms with Crippen molar-refractivity contribution in [2.75, 3.05) is 26.9 Å². The highest BCUT2D eigenvalue weighted by atomic mass is 35.5. The van der Waals surface area contributed by atoms with Gasteiger partial charge in [0, 0.05) is 13.7 Å². The number of methoxy groups -OCH3 is 1. The molecule has 0 aromatic carbocycles. The van der Waals surface area contributed by atoms with Crippen molar-refractivity contribution in [3.05, 3.63) is 11.6 Å². The third kappa shape index (κ3) is 6.51. The molecule has 94 valence electrons. The Hall–Kier alpha value is -0.0500. The van der Waals surface area contributed by atoms with Crippen molar-refractivity contribution in [3.8, 4) is 0 Å². The van der Waals surface area contributed by atoms with E-state index in [-0.39, 0.29) is 5.38 Å². The molecule has 1 unspecified atom stereocenters. The number of alkyl halides is 1. The monoisotopic (exact) mass is 246 g/mol. The molecule has 0 heterocycles. The quantitative estimate of drug-likeness (QED) is 0.389. The predicted molar refractivity (Wildman–Crippen MR) is 68.1 cm³/mol. The smallest absolute Gasteiger partial charge is 0.0700 e. The minimum atomic E-state index is 0.256. The van der Waals surface area contributed by atoms with E-state index in [0.29, 0.717) is 13.2 Å². The average molecular weight is 247 g/mol. The van der Waals surface area contributed by atoms with Crippen molar-refractivity contribution >= 4 is 11.6 Å². The molecule has 0 amide bonds. The van der Waals surface area contributed by atoms with Gasteiger partial charge in [0.15, 0.2) is 0 Å². The van der Waals surface area contributed by atoms with Gasteiger partial charge in [-0.05, 0) is 32.1 Å². The minimum absolute atomic E-state index is 0.256. The second-order valence-corrected chi connectivity index (χ2v) is 4.86. The Labute approximate surface area is 104 Å². The molecule has 0 radical (unpaired) electrons. The Balaban J connectivity index is 2.06. The van der Waals surface area contributed by atoms with E-state index in [0.717, 1.165) is 25.9 Å². The molecule has 0 saturated heterocycles. The van der Waals surface area contributed by atoms with Crippen LogP contribution in [0.25, 0.3) is 0 Å². The largest absolute Gasteiger partial charge is 0.382 e. The van der Waals surface area contributed by atoms with E-state index in [1.165, 1.54) is 24.8 Å². The van der Waals surface area contributed by atoms with Gasteiger partial charge in [0.25, 0.3) is 0 Å². The molecule has 1 rings (SSSR count). The normalized spacial score (nSPS) is 21.6. The van der Waals surface area contributed by atoms with E-state index in [1.807, 2.05) is 0 Å². The second-order valence-electron chi connectivity index (χ2n) is 4.30. The van der Waals surface area contributed by atoms with E-state index in [2.05, 4.69) is 6.08 Å². The van der Waals surface area contributed by atoms with Crippen LogP contribution in [0.5, 0.6) is 0 Å². The van der Waals surface area contributed by atoms with Crippen molar-refractivity contribution in [3.63, 3.8) is 0 Å². The fraction of sp³-hybridized carbons (Fsp3) is 0.846. The van der Waals surface area contributed by atoms with Crippen molar-refractivity contribution in [1.29, 1.82) is 0 Å². The molecule has 3 heteroatoms. The summed E-state index contributed by atoms with van der Waals surface area (Å²) in [6.45, 7) is 2.22. The number of hydrogen-bond donors (Lipinski definition) is 0. The summed E-state index contributed by atoms with van der Waals surface area (Å²) in [6.07, 6.45) is 9.40. The maximum atomic E-state index is 6.17. The van der Waals surface area contributed by atoms with Gasteiger partial charge in [-0.25, -0.2) is 0 Å². The van der Waals surface area contributed by atoms with Crippen molar-refractivity contribution in [1.82, 2.24) is 0 Å². The Bertz CT molecular complexity index is 204. The van der Waals surface area contributed by atoms with Crippen LogP contribution in [-0.2, 0) is 9.47 Å². The number of halogens is 1. The third-order valence-corrected chi connectivity index (χ3v) is 3.21. The summed E-state index contributed by atoms with van der Waals surface area (Å²) in [4.78, 5) is 0. The van der Waals surface area contributed by atoms with Crippen molar-refractivity contribution in [2.24, 2.45) is 0 Å². The lowest BCUT2D eigenvalue weighted by atomic mass is 10.1. The standard InChI is InChI=1S/C13H23ClO2/c1-15-9-10-16-8-4-6-12-5-2-3-7-13(14)11-12/h11,13H,2-10H2,1H3. The lowest BCUT2D eigenvalue weighted by molar-refractivity contribution is 0.0695. The van der Waals surface area contributed by atoms with Crippen LogP contribution in [0, 0.1) is 0 Å². The molecule has 0 N–H and O–H groups in total. The summed E-state index contributed by atoms with van der Waals surface area (Å²) in [7, 11) is 1.69. The van der Waals surface area contributed by atoms with Crippen LogP contribution in [-0.4, -0.2) is 32.3 Å². The Kier molecular flexibility index (Phi) is 7.91. The molecule has 16 heavy (non-hydrogen) atoms. The van der Waals surface area contributed by atoms with Gasteiger partial charge in [0.05, 0.1) is 18.6 Å². The fourth-order valence-corrected chi connectivity index (χ4v) is 2.30. The first-order chi connectivity index (χ1) is 7.83. The summed E-state index contributed by atoms with van der Waals surface area (Å²) >= 11 is 6.17. The Morgan fingerprint density at radius 2 is 2.19 bits per heavy atom. The first-order valence-corrected chi connectivity index (χ1v) is 6.67. The molecule has 1 atom stereocenters. The van der Waals surface area contributed by atoms with Crippen molar-refractivity contribution < 1.29 is 9.47 Å². The number of ether oxygens (including phenoxy) is 2. The first kappa shape index (κ1) is 14.0. The lowest BCUT2D eigenvalue weighted by Gasteiger charge is -2.06. The van der Waals surface area contributed by atoms with Gasteiger partial charge in [0.2, 0.25) is 0 Å². The highest BCUT2D eigenvalue weighted by Gasteiger charge is 2.08. The molecule has 0 aromatic rings. The molecule has 0 saturated carbocycles. The summed E-state index contributed by atoms with van der Waals surface area (Å²) in [5.41, 5.74) is 1.52. The number of rotatable bonds is 7. The Morgan fingerprint density at radius 1 is 1.31 bits per heavy atom. The van der Waals surface area contributed by atoms with E-state index in [1.54, 1.807) is 7.11 Å². The Morgan fingerprint density at radius 3 is 3.00 bits per heavy atom. The van der Waals surface area contributed by atoms with Gasteiger partial charge in [-0.15, -0.1) is 11.6 Å². The van der Waals surface area contributed by atoms with Crippen LogP contribution in [0.4, 0.5) is 0 Å². The van der Waals surface area contributed by atoms with Gasteiger partial charge in [0.1, 0.15) is 0 Å². The summed E-state index contributed by atoms with van der Waals surface area (Å²) in [5, 5.41) is 0.256. The summed E-state index contributed by atoms with van der Waals surface area (Å²) in [5.74, 6) is 0. The first-order valence-electron chi connectivity index (χ1n) is 6.23. The molecule has 2 nitrogen and oxygen atoms in total. The van der Waals surface area contributed by atoms with Crippen LogP contribution in [0.1, 0.15) is 38.5 Å². The molecule has 1 aliphatic rings. The molecular weight excluding hydrogens is 224 g/mol. The molecule has 0 spiro atoms. The predicted octanol–water partition coefficient (Wildman–Crippen LogP) is 3.54. The zero-order chi connectivity index (χ0) is 11.6. The minimum Gasteiger partial charge on any atom is -0.382 e. The molecule has 0 aromatic heterocycles. The third-order valence-electron chi connectivity index (χ3n) is 2.86.